The fraction of sp³-hybridized carbons (Fsp3) is 0.421. The van der Waals surface area contributed by atoms with Crippen molar-refractivity contribution in [3.8, 4) is 0 Å². The van der Waals surface area contributed by atoms with Gasteiger partial charge in [0.15, 0.2) is 0 Å². The molecule has 2 aromatic carbocycles. The molecule has 0 radical (unpaired) electrons. The molecule has 2 heterocycles. The van der Waals surface area contributed by atoms with E-state index in [1.54, 1.807) is 0 Å². The highest BCUT2D eigenvalue weighted by molar-refractivity contribution is 5.86. The minimum atomic E-state index is -0.391. The number of carbonyl (C=O) groups is 1. The summed E-state index contributed by atoms with van der Waals surface area (Å²) >= 11 is 0. The fourth-order valence-corrected chi connectivity index (χ4v) is 3.68. The van der Waals surface area contributed by atoms with E-state index < -0.39 is 6.10 Å². The molecular formula is C19H23N3O2. The third-order valence-electron chi connectivity index (χ3n) is 5.10. The van der Waals surface area contributed by atoms with Crippen LogP contribution in [0.3, 0.4) is 0 Å². The molecule has 2 atom stereocenters. The van der Waals surface area contributed by atoms with Gasteiger partial charge in [-0.3, -0.25) is 4.79 Å². The van der Waals surface area contributed by atoms with Gasteiger partial charge in [-0.15, -0.1) is 0 Å². The molecule has 2 N–H and O–H groups in total. The van der Waals surface area contributed by atoms with Crippen LogP contribution in [-0.2, 0) is 4.79 Å². The second-order valence-corrected chi connectivity index (χ2v) is 6.69. The maximum atomic E-state index is 12.5. The number of benzene rings is 2. The molecule has 0 aliphatic carbocycles. The van der Waals surface area contributed by atoms with Gasteiger partial charge < -0.3 is 20.2 Å². The smallest absolute Gasteiger partial charge is 0.239 e. The van der Waals surface area contributed by atoms with E-state index in [1.807, 2.05) is 4.90 Å². The Balaban J connectivity index is 1.40. The Labute approximate surface area is 141 Å². The van der Waals surface area contributed by atoms with Crippen LogP contribution in [0, 0.1) is 0 Å². The molecule has 1 amide bonds. The number of carbonyl (C=O) groups excluding carboxylic acids is 1. The van der Waals surface area contributed by atoms with E-state index in [-0.39, 0.29) is 11.9 Å². The van der Waals surface area contributed by atoms with Gasteiger partial charge in [0.1, 0.15) is 0 Å². The minimum Gasteiger partial charge on any atom is -0.392 e. The Kier molecular flexibility index (Phi) is 4.12. The molecule has 0 bridgehead atoms. The molecule has 2 aliphatic heterocycles. The average Bonchev–Trinajstić information content (AvgIpc) is 3.07. The maximum absolute atomic E-state index is 12.5. The lowest BCUT2D eigenvalue weighted by Gasteiger charge is -2.37. The van der Waals surface area contributed by atoms with Crippen LogP contribution < -0.4 is 10.2 Å². The van der Waals surface area contributed by atoms with Gasteiger partial charge in [-0.25, -0.2) is 0 Å². The topological polar surface area (TPSA) is 55.8 Å². The first-order valence-electron chi connectivity index (χ1n) is 8.65. The molecule has 5 heteroatoms. The number of piperazine rings is 1. The highest BCUT2D eigenvalue weighted by Crippen LogP contribution is 2.23. The molecule has 2 aliphatic rings. The van der Waals surface area contributed by atoms with E-state index in [0.29, 0.717) is 13.0 Å². The second-order valence-electron chi connectivity index (χ2n) is 6.69. The lowest BCUT2D eigenvalue weighted by Crippen LogP contribution is -2.53. The summed E-state index contributed by atoms with van der Waals surface area (Å²) in [6, 6.07) is 14.7. The first-order chi connectivity index (χ1) is 11.7. The van der Waals surface area contributed by atoms with E-state index in [1.165, 1.54) is 16.5 Å². The fourth-order valence-electron chi connectivity index (χ4n) is 3.68. The number of aliphatic hydroxyl groups is 1. The third kappa shape index (κ3) is 2.97. The standard InChI is InChI=1S/C19H23N3O2/c23-17-12-18(20-13-17)19(24)22-9-7-21(8-10-22)16-6-5-14-3-1-2-4-15(14)11-16/h1-6,11,17-18,20,23H,7-10,12-13H2/t17-,18+/m1/s1. The van der Waals surface area contributed by atoms with Gasteiger partial charge in [0.25, 0.3) is 0 Å². The molecular weight excluding hydrogens is 302 g/mol. The number of rotatable bonds is 2. The van der Waals surface area contributed by atoms with Crippen molar-refractivity contribution in [1.29, 1.82) is 0 Å². The SMILES string of the molecule is O=C([C@@H]1C[C@@H](O)CN1)N1CCN(c2ccc3ccccc3c2)CC1. The summed E-state index contributed by atoms with van der Waals surface area (Å²) in [7, 11) is 0. The number of hydrogen-bond acceptors (Lipinski definition) is 4. The Morgan fingerprint density at radius 1 is 1.04 bits per heavy atom. The zero-order chi connectivity index (χ0) is 16.5. The summed E-state index contributed by atoms with van der Waals surface area (Å²) in [4.78, 5) is 16.8. The van der Waals surface area contributed by atoms with Gasteiger partial charge in [0.05, 0.1) is 12.1 Å². The van der Waals surface area contributed by atoms with Crippen molar-refractivity contribution in [3.63, 3.8) is 0 Å². The number of nitrogens with zero attached hydrogens (tertiary/aromatic N) is 2. The predicted octanol–water partition coefficient (Wildman–Crippen LogP) is 1.21. The lowest BCUT2D eigenvalue weighted by molar-refractivity contribution is -0.133. The Morgan fingerprint density at radius 3 is 2.50 bits per heavy atom. The monoisotopic (exact) mass is 325 g/mol. The first-order valence-corrected chi connectivity index (χ1v) is 8.65. The Bertz CT molecular complexity index is 740. The van der Waals surface area contributed by atoms with Crippen molar-refractivity contribution in [3.05, 3.63) is 42.5 Å². The summed E-state index contributed by atoms with van der Waals surface area (Å²) in [5.41, 5.74) is 1.22. The van der Waals surface area contributed by atoms with E-state index in [2.05, 4.69) is 52.7 Å². The van der Waals surface area contributed by atoms with Crippen LogP contribution in [0.4, 0.5) is 5.69 Å². The number of β-amino-alcohol motifs (C(OH)–C–C–N with tert-alkyl or cyclic N) is 1. The van der Waals surface area contributed by atoms with E-state index in [0.717, 1.165) is 26.2 Å². The van der Waals surface area contributed by atoms with Crippen LogP contribution in [0.1, 0.15) is 6.42 Å². The molecule has 0 saturated carbocycles. The summed E-state index contributed by atoms with van der Waals surface area (Å²) in [5, 5.41) is 15.2. The van der Waals surface area contributed by atoms with Gasteiger partial charge in [0, 0.05) is 38.4 Å². The summed E-state index contributed by atoms with van der Waals surface area (Å²) < 4.78 is 0. The molecule has 0 aromatic heterocycles. The number of nitrogens with one attached hydrogen (secondary N) is 1. The van der Waals surface area contributed by atoms with E-state index >= 15 is 0 Å². The van der Waals surface area contributed by atoms with Crippen LogP contribution >= 0.6 is 0 Å². The van der Waals surface area contributed by atoms with Gasteiger partial charge in [-0.2, -0.15) is 0 Å². The van der Waals surface area contributed by atoms with Crippen LogP contribution in [0.15, 0.2) is 42.5 Å². The van der Waals surface area contributed by atoms with Gasteiger partial charge in [-0.1, -0.05) is 30.3 Å². The number of anilines is 1. The minimum absolute atomic E-state index is 0.129. The van der Waals surface area contributed by atoms with E-state index in [9.17, 15) is 9.90 Å². The van der Waals surface area contributed by atoms with Crippen molar-refractivity contribution in [2.75, 3.05) is 37.6 Å². The van der Waals surface area contributed by atoms with Crippen LogP contribution in [0.5, 0.6) is 0 Å². The zero-order valence-corrected chi connectivity index (χ0v) is 13.7. The van der Waals surface area contributed by atoms with Crippen molar-refractivity contribution in [2.45, 2.75) is 18.6 Å². The third-order valence-corrected chi connectivity index (χ3v) is 5.10. The maximum Gasteiger partial charge on any atom is 0.239 e. The highest BCUT2D eigenvalue weighted by atomic mass is 16.3. The summed E-state index contributed by atoms with van der Waals surface area (Å²) in [6.07, 6.45) is 0.141. The highest BCUT2D eigenvalue weighted by Gasteiger charge is 2.32. The van der Waals surface area contributed by atoms with Crippen LogP contribution in [0.2, 0.25) is 0 Å². The Morgan fingerprint density at radius 2 is 1.79 bits per heavy atom. The summed E-state index contributed by atoms with van der Waals surface area (Å²) in [5.74, 6) is 0.129. The molecule has 2 saturated heterocycles. The lowest BCUT2D eigenvalue weighted by atomic mass is 10.1. The van der Waals surface area contributed by atoms with Crippen molar-refractivity contribution in [2.24, 2.45) is 0 Å². The number of aliphatic hydroxyl groups excluding tert-OH is 1. The second kappa shape index (κ2) is 6.42. The van der Waals surface area contributed by atoms with Crippen molar-refractivity contribution in [1.82, 2.24) is 10.2 Å². The number of fused-ring (bicyclic) bond motifs is 1. The molecule has 0 spiro atoms. The van der Waals surface area contributed by atoms with Crippen LogP contribution in [-0.4, -0.2) is 60.8 Å². The van der Waals surface area contributed by atoms with E-state index in [4.69, 9.17) is 0 Å². The quantitative estimate of drug-likeness (QED) is 0.871. The Hall–Kier alpha value is -2.11. The predicted molar refractivity (Wildman–Crippen MR) is 95.2 cm³/mol. The van der Waals surface area contributed by atoms with Gasteiger partial charge in [0.2, 0.25) is 5.91 Å². The zero-order valence-electron chi connectivity index (χ0n) is 13.7. The van der Waals surface area contributed by atoms with Gasteiger partial charge >= 0.3 is 0 Å². The normalized spacial score (nSPS) is 24.5. The first kappa shape index (κ1) is 15.4. The molecule has 0 unspecified atom stereocenters. The average molecular weight is 325 g/mol. The molecule has 5 nitrogen and oxygen atoms in total. The number of amides is 1. The molecule has 126 valence electrons. The largest absolute Gasteiger partial charge is 0.392 e. The van der Waals surface area contributed by atoms with Gasteiger partial charge in [-0.05, 0) is 29.3 Å². The molecule has 2 aromatic rings. The van der Waals surface area contributed by atoms with Crippen LogP contribution in [0.25, 0.3) is 10.8 Å². The van der Waals surface area contributed by atoms with Crippen molar-refractivity contribution >= 4 is 22.4 Å². The number of hydrogen-bond donors (Lipinski definition) is 2. The van der Waals surface area contributed by atoms with Crippen molar-refractivity contribution < 1.29 is 9.90 Å². The molecule has 24 heavy (non-hydrogen) atoms. The molecule has 4 rings (SSSR count). The summed E-state index contributed by atoms with van der Waals surface area (Å²) in [6.45, 7) is 3.69. The molecule has 2 fully saturated rings.